The normalized spacial score (nSPS) is 21.5. The first-order valence-corrected chi connectivity index (χ1v) is 6.65. The average Bonchev–Trinajstić information content (AvgIpc) is 2.85. The Labute approximate surface area is 104 Å². The summed E-state index contributed by atoms with van der Waals surface area (Å²) in [5.41, 5.74) is 4.08. The van der Waals surface area contributed by atoms with Gasteiger partial charge in [-0.05, 0) is 37.8 Å². The first-order chi connectivity index (χ1) is 8.22. The lowest BCUT2D eigenvalue weighted by Crippen LogP contribution is -2.27. The third-order valence-corrected chi connectivity index (χ3v) is 3.78. The van der Waals surface area contributed by atoms with Crippen LogP contribution in [0.2, 0.25) is 0 Å². The van der Waals surface area contributed by atoms with E-state index in [4.69, 9.17) is 4.74 Å². The molecule has 2 heteroatoms. The van der Waals surface area contributed by atoms with E-state index in [1.165, 1.54) is 23.2 Å². The van der Waals surface area contributed by atoms with Gasteiger partial charge in [0.2, 0.25) is 0 Å². The van der Waals surface area contributed by atoms with Crippen LogP contribution in [-0.2, 0) is 11.2 Å². The molecule has 0 saturated carbocycles. The first-order valence-electron chi connectivity index (χ1n) is 6.65. The average molecular weight is 233 g/mol. The molecule has 1 heterocycles. The molecular formula is C15H23NO. The van der Waals surface area contributed by atoms with Crippen molar-refractivity contribution in [3.05, 3.63) is 29.3 Å². The summed E-state index contributed by atoms with van der Waals surface area (Å²) in [6.45, 7) is 8.49. The van der Waals surface area contributed by atoms with Crippen molar-refractivity contribution in [3.63, 3.8) is 0 Å². The van der Waals surface area contributed by atoms with Gasteiger partial charge in [0.25, 0.3) is 0 Å². The number of hydrogen-bond donors (Lipinski definition) is 1. The molecule has 94 valence electrons. The molecule has 0 amide bonds. The van der Waals surface area contributed by atoms with Crippen molar-refractivity contribution in [1.82, 2.24) is 0 Å². The Balaban J connectivity index is 2.11. The molecule has 0 bridgehead atoms. The Kier molecular flexibility index (Phi) is 4.06. The van der Waals surface area contributed by atoms with Gasteiger partial charge in [0.1, 0.15) is 0 Å². The van der Waals surface area contributed by atoms with E-state index in [0.29, 0.717) is 12.0 Å². The molecule has 2 atom stereocenters. The minimum absolute atomic E-state index is 0.490. The standard InChI is InChI=1S/C15H23NO/c1-4-13-7-5-6-11(2)15(13)16-12(3)14-8-9-17-10-14/h5-7,12,14,16H,4,8-10H2,1-3H3. The zero-order valence-electron chi connectivity index (χ0n) is 11.1. The van der Waals surface area contributed by atoms with Crippen LogP contribution in [0.5, 0.6) is 0 Å². The van der Waals surface area contributed by atoms with Gasteiger partial charge < -0.3 is 10.1 Å². The second-order valence-electron chi connectivity index (χ2n) is 5.02. The molecule has 0 aliphatic carbocycles. The molecule has 2 unspecified atom stereocenters. The lowest BCUT2D eigenvalue weighted by molar-refractivity contribution is 0.183. The highest BCUT2D eigenvalue weighted by molar-refractivity contribution is 5.57. The summed E-state index contributed by atoms with van der Waals surface area (Å²) in [7, 11) is 0. The Morgan fingerprint density at radius 1 is 1.47 bits per heavy atom. The zero-order chi connectivity index (χ0) is 12.3. The molecule has 0 spiro atoms. The summed E-state index contributed by atoms with van der Waals surface area (Å²) in [6.07, 6.45) is 2.26. The molecule has 2 nitrogen and oxygen atoms in total. The zero-order valence-corrected chi connectivity index (χ0v) is 11.1. The van der Waals surface area contributed by atoms with Crippen molar-refractivity contribution in [2.75, 3.05) is 18.5 Å². The maximum Gasteiger partial charge on any atom is 0.0514 e. The number of para-hydroxylation sites is 1. The predicted molar refractivity (Wildman–Crippen MR) is 72.6 cm³/mol. The third-order valence-electron chi connectivity index (χ3n) is 3.78. The quantitative estimate of drug-likeness (QED) is 0.860. The van der Waals surface area contributed by atoms with Crippen molar-refractivity contribution in [2.45, 2.75) is 39.7 Å². The number of benzene rings is 1. The first kappa shape index (κ1) is 12.4. The summed E-state index contributed by atoms with van der Waals surface area (Å²) in [4.78, 5) is 0. The van der Waals surface area contributed by atoms with Crippen LogP contribution in [0.1, 0.15) is 31.4 Å². The van der Waals surface area contributed by atoms with Crippen LogP contribution in [0.4, 0.5) is 5.69 Å². The Bertz CT molecular complexity index is 369. The van der Waals surface area contributed by atoms with E-state index in [0.717, 1.165) is 19.6 Å². The lowest BCUT2D eigenvalue weighted by Gasteiger charge is -2.23. The van der Waals surface area contributed by atoms with Gasteiger partial charge in [0.15, 0.2) is 0 Å². The number of hydrogen-bond acceptors (Lipinski definition) is 2. The summed E-state index contributed by atoms with van der Waals surface area (Å²) in [6, 6.07) is 7.03. The molecular weight excluding hydrogens is 210 g/mol. The number of nitrogens with one attached hydrogen (secondary N) is 1. The van der Waals surface area contributed by atoms with Crippen LogP contribution < -0.4 is 5.32 Å². The molecule has 0 radical (unpaired) electrons. The number of aryl methyl sites for hydroxylation is 2. The van der Waals surface area contributed by atoms with Crippen molar-refractivity contribution in [2.24, 2.45) is 5.92 Å². The van der Waals surface area contributed by atoms with Crippen LogP contribution in [0.15, 0.2) is 18.2 Å². The van der Waals surface area contributed by atoms with Crippen LogP contribution in [0, 0.1) is 12.8 Å². The fourth-order valence-electron chi connectivity index (χ4n) is 2.52. The largest absolute Gasteiger partial charge is 0.382 e. The highest BCUT2D eigenvalue weighted by atomic mass is 16.5. The highest BCUT2D eigenvalue weighted by Gasteiger charge is 2.22. The van der Waals surface area contributed by atoms with E-state index in [1.807, 2.05) is 0 Å². The number of rotatable bonds is 4. The highest BCUT2D eigenvalue weighted by Crippen LogP contribution is 2.25. The number of anilines is 1. The topological polar surface area (TPSA) is 21.3 Å². The fourth-order valence-corrected chi connectivity index (χ4v) is 2.52. The van der Waals surface area contributed by atoms with Gasteiger partial charge in [-0.25, -0.2) is 0 Å². The monoisotopic (exact) mass is 233 g/mol. The predicted octanol–water partition coefficient (Wildman–Crippen LogP) is 3.39. The molecule has 1 N–H and O–H groups in total. The minimum atomic E-state index is 0.490. The third kappa shape index (κ3) is 2.81. The van der Waals surface area contributed by atoms with Gasteiger partial charge in [-0.1, -0.05) is 25.1 Å². The maximum atomic E-state index is 5.46. The summed E-state index contributed by atoms with van der Waals surface area (Å²) in [5, 5.41) is 3.69. The maximum absolute atomic E-state index is 5.46. The van der Waals surface area contributed by atoms with Gasteiger partial charge in [0.05, 0.1) is 6.61 Å². The van der Waals surface area contributed by atoms with Gasteiger partial charge in [-0.15, -0.1) is 0 Å². The van der Waals surface area contributed by atoms with Gasteiger partial charge in [0, 0.05) is 24.3 Å². The Morgan fingerprint density at radius 3 is 2.94 bits per heavy atom. The van der Waals surface area contributed by atoms with Crippen molar-refractivity contribution < 1.29 is 4.74 Å². The van der Waals surface area contributed by atoms with Gasteiger partial charge in [-0.2, -0.15) is 0 Å². The Hall–Kier alpha value is -1.02. The van der Waals surface area contributed by atoms with Crippen LogP contribution in [0.25, 0.3) is 0 Å². The Morgan fingerprint density at radius 2 is 2.29 bits per heavy atom. The van der Waals surface area contributed by atoms with Crippen LogP contribution >= 0.6 is 0 Å². The number of ether oxygens (including phenoxy) is 1. The summed E-state index contributed by atoms with van der Waals surface area (Å²) >= 11 is 0. The van der Waals surface area contributed by atoms with Crippen molar-refractivity contribution in [3.8, 4) is 0 Å². The lowest BCUT2D eigenvalue weighted by atomic mass is 9.98. The molecule has 2 rings (SSSR count). The molecule has 0 aromatic heterocycles. The molecule has 1 saturated heterocycles. The molecule has 1 aromatic carbocycles. The molecule has 1 fully saturated rings. The van der Waals surface area contributed by atoms with E-state index in [1.54, 1.807) is 0 Å². The second-order valence-corrected chi connectivity index (χ2v) is 5.02. The van der Waals surface area contributed by atoms with E-state index >= 15 is 0 Å². The van der Waals surface area contributed by atoms with E-state index in [2.05, 4.69) is 44.3 Å². The summed E-state index contributed by atoms with van der Waals surface area (Å²) in [5.74, 6) is 0.652. The molecule has 1 aromatic rings. The van der Waals surface area contributed by atoms with Gasteiger partial charge >= 0.3 is 0 Å². The van der Waals surface area contributed by atoms with E-state index < -0.39 is 0 Å². The van der Waals surface area contributed by atoms with Gasteiger partial charge in [-0.3, -0.25) is 0 Å². The van der Waals surface area contributed by atoms with Crippen molar-refractivity contribution >= 4 is 5.69 Å². The molecule has 1 aliphatic heterocycles. The molecule has 17 heavy (non-hydrogen) atoms. The van der Waals surface area contributed by atoms with Crippen LogP contribution in [-0.4, -0.2) is 19.3 Å². The fraction of sp³-hybridized carbons (Fsp3) is 0.600. The molecule has 1 aliphatic rings. The smallest absolute Gasteiger partial charge is 0.0514 e. The van der Waals surface area contributed by atoms with Crippen LogP contribution in [0.3, 0.4) is 0 Å². The minimum Gasteiger partial charge on any atom is -0.382 e. The van der Waals surface area contributed by atoms with Crippen molar-refractivity contribution in [1.29, 1.82) is 0 Å². The van der Waals surface area contributed by atoms with E-state index in [-0.39, 0.29) is 0 Å². The summed E-state index contributed by atoms with van der Waals surface area (Å²) < 4.78 is 5.46. The second kappa shape index (κ2) is 5.54. The SMILES string of the molecule is CCc1cccc(C)c1NC(C)C1CCOC1. The van der Waals surface area contributed by atoms with E-state index in [9.17, 15) is 0 Å².